The number of nitrogens with one attached hydrogen (secondary N) is 1. The average Bonchev–Trinajstić information content (AvgIpc) is 2.35. The summed E-state index contributed by atoms with van der Waals surface area (Å²) in [4.78, 5) is 2.30. The molecule has 0 aromatic rings. The van der Waals surface area contributed by atoms with Gasteiger partial charge in [-0.25, -0.2) is 0 Å². The van der Waals surface area contributed by atoms with Gasteiger partial charge in [0.05, 0.1) is 5.60 Å². The van der Waals surface area contributed by atoms with E-state index in [1.165, 1.54) is 32.1 Å². The largest absolute Gasteiger partial charge is 0.388 e. The smallest absolute Gasteiger partial charge is 0.0795 e. The lowest BCUT2D eigenvalue weighted by molar-refractivity contribution is -0.0150. The van der Waals surface area contributed by atoms with Crippen molar-refractivity contribution < 1.29 is 5.11 Å². The lowest BCUT2D eigenvalue weighted by Crippen LogP contribution is -2.49. The molecular weight excluding hydrogens is 212 g/mol. The Morgan fingerprint density at radius 3 is 2.47 bits per heavy atom. The summed E-state index contributed by atoms with van der Waals surface area (Å²) in [6.45, 7) is 3.96. The van der Waals surface area contributed by atoms with Gasteiger partial charge in [-0.1, -0.05) is 19.3 Å². The summed E-state index contributed by atoms with van der Waals surface area (Å²) in [6.07, 6.45) is 8.83. The molecule has 2 aliphatic rings. The molecule has 0 amide bonds. The molecule has 2 fully saturated rings. The average molecular weight is 240 g/mol. The van der Waals surface area contributed by atoms with E-state index in [1.807, 2.05) is 0 Å². The van der Waals surface area contributed by atoms with Crippen LogP contribution in [0.25, 0.3) is 0 Å². The van der Waals surface area contributed by atoms with Gasteiger partial charge < -0.3 is 15.3 Å². The highest BCUT2D eigenvalue weighted by atomic mass is 16.3. The van der Waals surface area contributed by atoms with Crippen molar-refractivity contribution in [2.24, 2.45) is 5.92 Å². The van der Waals surface area contributed by atoms with Gasteiger partial charge in [-0.05, 0) is 45.2 Å². The molecule has 1 aliphatic carbocycles. The van der Waals surface area contributed by atoms with Crippen LogP contribution in [0.3, 0.4) is 0 Å². The zero-order chi connectivity index (χ0) is 12.1. The monoisotopic (exact) mass is 240 g/mol. The Kier molecular flexibility index (Phi) is 4.83. The molecule has 3 heteroatoms. The molecule has 2 rings (SSSR count). The van der Waals surface area contributed by atoms with Gasteiger partial charge in [-0.2, -0.15) is 0 Å². The first-order chi connectivity index (χ1) is 8.18. The van der Waals surface area contributed by atoms with Crippen LogP contribution in [0.5, 0.6) is 0 Å². The molecule has 17 heavy (non-hydrogen) atoms. The van der Waals surface area contributed by atoms with Crippen molar-refractivity contribution in [3.05, 3.63) is 0 Å². The molecule has 100 valence electrons. The molecule has 0 unspecified atom stereocenters. The van der Waals surface area contributed by atoms with Crippen LogP contribution in [0.2, 0.25) is 0 Å². The Morgan fingerprint density at radius 2 is 1.82 bits per heavy atom. The topological polar surface area (TPSA) is 35.5 Å². The van der Waals surface area contributed by atoms with Crippen LogP contribution in [0.1, 0.15) is 44.9 Å². The van der Waals surface area contributed by atoms with E-state index < -0.39 is 5.60 Å². The van der Waals surface area contributed by atoms with Crippen molar-refractivity contribution in [2.75, 3.05) is 33.2 Å². The minimum atomic E-state index is -0.443. The van der Waals surface area contributed by atoms with E-state index in [0.717, 1.165) is 44.9 Å². The van der Waals surface area contributed by atoms with Gasteiger partial charge in [0.15, 0.2) is 0 Å². The summed E-state index contributed by atoms with van der Waals surface area (Å²) in [5.41, 5.74) is -0.443. The first-order valence-electron chi connectivity index (χ1n) is 7.30. The number of aliphatic hydroxyl groups is 1. The third-order valence-corrected chi connectivity index (χ3v) is 4.53. The van der Waals surface area contributed by atoms with E-state index in [4.69, 9.17) is 0 Å². The van der Waals surface area contributed by atoms with E-state index in [0.29, 0.717) is 0 Å². The van der Waals surface area contributed by atoms with Crippen LogP contribution < -0.4 is 5.32 Å². The standard InChI is InChI=1S/C14H28N2O/c1-16-9-7-14(17,8-10-16)12-15-11-13-5-3-2-4-6-13/h13,15,17H,2-12H2,1H3. The molecule has 0 spiro atoms. The second-order valence-corrected chi connectivity index (χ2v) is 6.16. The Balaban J connectivity index is 1.63. The number of piperidine rings is 1. The van der Waals surface area contributed by atoms with E-state index in [-0.39, 0.29) is 0 Å². The molecule has 1 heterocycles. The van der Waals surface area contributed by atoms with E-state index in [1.54, 1.807) is 0 Å². The van der Waals surface area contributed by atoms with Crippen molar-refractivity contribution in [2.45, 2.75) is 50.5 Å². The Labute approximate surface area is 106 Å². The fourth-order valence-corrected chi connectivity index (χ4v) is 3.11. The number of nitrogens with zero attached hydrogens (tertiary/aromatic N) is 1. The van der Waals surface area contributed by atoms with E-state index >= 15 is 0 Å². The van der Waals surface area contributed by atoms with Crippen LogP contribution in [-0.4, -0.2) is 48.8 Å². The molecular formula is C14H28N2O. The van der Waals surface area contributed by atoms with E-state index in [9.17, 15) is 5.11 Å². The minimum absolute atomic E-state index is 0.443. The summed E-state index contributed by atoms with van der Waals surface area (Å²) in [6, 6.07) is 0. The van der Waals surface area contributed by atoms with Crippen LogP contribution in [0, 0.1) is 5.92 Å². The van der Waals surface area contributed by atoms with Gasteiger partial charge in [-0.15, -0.1) is 0 Å². The number of hydrogen-bond acceptors (Lipinski definition) is 3. The second-order valence-electron chi connectivity index (χ2n) is 6.16. The predicted octanol–water partition coefficient (Wildman–Crippen LogP) is 1.61. The SMILES string of the molecule is CN1CCC(O)(CNCC2CCCCC2)CC1. The minimum Gasteiger partial charge on any atom is -0.388 e. The second kappa shape index (κ2) is 6.17. The molecule has 3 nitrogen and oxygen atoms in total. The van der Waals surface area contributed by atoms with Crippen LogP contribution in [0.15, 0.2) is 0 Å². The molecule has 1 saturated carbocycles. The molecule has 1 saturated heterocycles. The quantitative estimate of drug-likeness (QED) is 0.784. The lowest BCUT2D eigenvalue weighted by atomic mass is 9.88. The lowest BCUT2D eigenvalue weighted by Gasteiger charge is -2.37. The molecule has 1 aliphatic heterocycles. The fraction of sp³-hybridized carbons (Fsp3) is 1.00. The van der Waals surface area contributed by atoms with Crippen molar-refractivity contribution in [3.63, 3.8) is 0 Å². The predicted molar refractivity (Wildman–Crippen MR) is 71.1 cm³/mol. The molecule has 0 aromatic carbocycles. The van der Waals surface area contributed by atoms with Gasteiger partial charge in [0.1, 0.15) is 0 Å². The molecule has 0 atom stereocenters. The maximum absolute atomic E-state index is 10.4. The van der Waals surface area contributed by atoms with Gasteiger partial charge in [0.25, 0.3) is 0 Å². The van der Waals surface area contributed by atoms with E-state index in [2.05, 4.69) is 17.3 Å². The number of rotatable bonds is 4. The van der Waals surface area contributed by atoms with Crippen molar-refractivity contribution in [1.29, 1.82) is 0 Å². The number of hydrogen-bond donors (Lipinski definition) is 2. The summed E-state index contributed by atoms with van der Waals surface area (Å²) in [5, 5.41) is 13.9. The maximum Gasteiger partial charge on any atom is 0.0795 e. The molecule has 0 bridgehead atoms. The Hall–Kier alpha value is -0.120. The Morgan fingerprint density at radius 1 is 1.18 bits per heavy atom. The zero-order valence-electron chi connectivity index (χ0n) is 11.2. The van der Waals surface area contributed by atoms with Gasteiger partial charge in [0, 0.05) is 19.6 Å². The maximum atomic E-state index is 10.4. The van der Waals surface area contributed by atoms with Crippen LogP contribution in [-0.2, 0) is 0 Å². The van der Waals surface area contributed by atoms with Crippen molar-refractivity contribution in [1.82, 2.24) is 10.2 Å². The highest BCUT2D eigenvalue weighted by molar-refractivity contribution is 4.87. The third-order valence-electron chi connectivity index (χ3n) is 4.53. The molecule has 2 N–H and O–H groups in total. The van der Waals surface area contributed by atoms with Crippen molar-refractivity contribution in [3.8, 4) is 0 Å². The first-order valence-corrected chi connectivity index (χ1v) is 7.30. The summed E-state index contributed by atoms with van der Waals surface area (Å²) in [5.74, 6) is 0.860. The van der Waals surface area contributed by atoms with Gasteiger partial charge in [0.2, 0.25) is 0 Å². The zero-order valence-corrected chi connectivity index (χ0v) is 11.2. The summed E-state index contributed by atoms with van der Waals surface area (Å²) >= 11 is 0. The summed E-state index contributed by atoms with van der Waals surface area (Å²) in [7, 11) is 2.13. The Bertz CT molecular complexity index is 218. The first kappa shape index (κ1) is 13.3. The summed E-state index contributed by atoms with van der Waals surface area (Å²) < 4.78 is 0. The molecule has 0 radical (unpaired) electrons. The van der Waals surface area contributed by atoms with Gasteiger partial charge >= 0.3 is 0 Å². The third kappa shape index (κ3) is 4.23. The molecule has 0 aromatic heterocycles. The van der Waals surface area contributed by atoms with Gasteiger partial charge in [-0.3, -0.25) is 0 Å². The number of likely N-dealkylation sites (tertiary alicyclic amines) is 1. The van der Waals surface area contributed by atoms with Crippen LogP contribution in [0.4, 0.5) is 0 Å². The fourth-order valence-electron chi connectivity index (χ4n) is 3.11. The highest BCUT2D eigenvalue weighted by Crippen LogP contribution is 2.24. The van der Waals surface area contributed by atoms with Crippen LogP contribution >= 0.6 is 0 Å². The normalized spacial score (nSPS) is 27.2. The highest BCUT2D eigenvalue weighted by Gasteiger charge is 2.30. The van der Waals surface area contributed by atoms with Crippen molar-refractivity contribution >= 4 is 0 Å².